The summed E-state index contributed by atoms with van der Waals surface area (Å²) in [5.74, 6) is 0.0469. The van der Waals surface area contributed by atoms with Crippen molar-refractivity contribution in [1.82, 2.24) is 10.2 Å². The highest BCUT2D eigenvalue weighted by Crippen LogP contribution is 2.34. The van der Waals surface area contributed by atoms with Crippen LogP contribution in [-0.2, 0) is 32.6 Å². The highest BCUT2D eigenvalue weighted by molar-refractivity contribution is 7.92. The first-order chi connectivity index (χ1) is 22.9. The molecule has 1 N–H and O–H groups in total. The molecule has 0 heterocycles. The summed E-state index contributed by atoms with van der Waals surface area (Å²) in [4.78, 5) is 30.1. The zero-order chi connectivity index (χ0) is 34.8. The maximum atomic E-state index is 14.7. The SMILES string of the molecule is COc1ccc(N(CC(=O)N(Cc2ccc(C)cc2)[C@H](Cc2ccccc2)C(=O)NCC(C)C)S(=O)(=O)c2ccc(C)cc2)cc1OC. The van der Waals surface area contributed by atoms with Crippen LogP contribution < -0.4 is 19.1 Å². The number of nitrogens with one attached hydrogen (secondary N) is 1. The van der Waals surface area contributed by atoms with Crippen LogP contribution in [-0.4, -0.2) is 58.5 Å². The summed E-state index contributed by atoms with van der Waals surface area (Å²) in [7, 11) is -1.31. The van der Waals surface area contributed by atoms with E-state index < -0.39 is 28.5 Å². The fourth-order valence-electron chi connectivity index (χ4n) is 5.21. The smallest absolute Gasteiger partial charge is 0.264 e. The third kappa shape index (κ3) is 9.16. The second kappa shape index (κ2) is 16.3. The lowest BCUT2D eigenvalue weighted by Gasteiger charge is -2.34. The summed E-state index contributed by atoms with van der Waals surface area (Å²) in [5.41, 5.74) is 3.83. The Labute approximate surface area is 284 Å². The zero-order valence-electron chi connectivity index (χ0n) is 28.5. The molecule has 0 aliphatic heterocycles. The predicted molar refractivity (Wildman–Crippen MR) is 189 cm³/mol. The third-order valence-corrected chi connectivity index (χ3v) is 9.76. The molecule has 0 aliphatic carbocycles. The summed E-state index contributed by atoms with van der Waals surface area (Å²) in [6.07, 6.45) is 0.240. The molecule has 0 saturated heterocycles. The molecule has 0 unspecified atom stereocenters. The van der Waals surface area contributed by atoms with Gasteiger partial charge in [0.15, 0.2) is 11.5 Å². The number of carbonyl (C=O) groups is 2. The highest BCUT2D eigenvalue weighted by atomic mass is 32.2. The van der Waals surface area contributed by atoms with Gasteiger partial charge in [-0.1, -0.05) is 91.7 Å². The minimum atomic E-state index is -4.26. The molecule has 0 aliphatic rings. The first kappa shape index (κ1) is 36.0. The van der Waals surface area contributed by atoms with E-state index in [2.05, 4.69) is 5.32 Å². The molecule has 9 nitrogen and oxygen atoms in total. The van der Waals surface area contributed by atoms with Gasteiger partial charge in [0.25, 0.3) is 10.0 Å². The fourth-order valence-corrected chi connectivity index (χ4v) is 6.62. The molecular formula is C38H45N3O6S. The van der Waals surface area contributed by atoms with E-state index in [1.807, 2.05) is 82.3 Å². The minimum absolute atomic E-state index is 0.0243. The van der Waals surface area contributed by atoms with Crippen LogP contribution in [0.15, 0.2) is 102 Å². The van der Waals surface area contributed by atoms with Crippen molar-refractivity contribution in [2.45, 2.75) is 51.6 Å². The molecule has 10 heteroatoms. The van der Waals surface area contributed by atoms with Gasteiger partial charge in [-0.2, -0.15) is 0 Å². The fraction of sp³-hybridized carbons (Fsp3) is 0.316. The van der Waals surface area contributed by atoms with Crippen LogP contribution in [0.2, 0.25) is 0 Å². The molecule has 48 heavy (non-hydrogen) atoms. The van der Waals surface area contributed by atoms with Gasteiger partial charge in [0.2, 0.25) is 11.8 Å². The Kier molecular flexibility index (Phi) is 12.2. The summed E-state index contributed by atoms with van der Waals surface area (Å²) >= 11 is 0. The van der Waals surface area contributed by atoms with E-state index in [-0.39, 0.29) is 35.4 Å². The highest BCUT2D eigenvalue weighted by Gasteiger charge is 2.35. The van der Waals surface area contributed by atoms with Gasteiger partial charge in [-0.25, -0.2) is 8.42 Å². The molecule has 0 fully saturated rings. The predicted octanol–water partition coefficient (Wildman–Crippen LogP) is 5.93. The van der Waals surface area contributed by atoms with E-state index >= 15 is 0 Å². The van der Waals surface area contributed by atoms with E-state index in [9.17, 15) is 18.0 Å². The number of hydrogen-bond donors (Lipinski definition) is 1. The molecule has 0 radical (unpaired) electrons. The number of rotatable bonds is 15. The van der Waals surface area contributed by atoms with E-state index in [1.54, 1.807) is 24.3 Å². The molecular weight excluding hydrogens is 627 g/mol. The molecule has 2 amide bonds. The second-order valence-electron chi connectivity index (χ2n) is 12.2. The molecule has 254 valence electrons. The topological polar surface area (TPSA) is 105 Å². The van der Waals surface area contributed by atoms with Crippen LogP contribution in [0.25, 0.3) is 0 Å². The first-order valence-corrected chi connectivity index (χ1v) is 17.3. The van der Waals surface area contributed by atoms with E-state index in [0.29, 0.717) is 18.0 Å². The van der Waals surface area contributed by atoms with Crippen molar-refractivity contribution in [3.63, 3.8) is 0 Å². The zero-order valence-corrected chi connectivity index (χ0v) is 29.3. The van der Waals surface area contributed by atoms with E-state index in [1.165, 1.54) is 37.3 Å². The van der Waals surface area contributed by atoms with Gasteiger partial charge in [-0.3, -0.25) is 13.9 Å². The van der Waals surface area contributed by atoms with Crippen LogP contribution in [0.3, 0.4) is 0 Å². The molecule has 0 aromatic heterocycles. The largest absolute Gasteiger partial charge is 0.493 e. The van der Waals surface area contributed by atoms with Crippen molar-refractivity contribution >= 4 is 27.5 Å². The Morgan fingerprint density at radius 2 is 1.38 bits per heavy atom. The molecule has 0 saturated carbocycles. The second-order valence-corrected chi connectivity index (χ2v) is 14.1. The first-order valence-electron chi connectivity index (χ1n) is 15.9. The Hall–Kier alpha value is -4.83. The monoisotopic (exact) mass is 671 g/mol. The normalized spacial score (nSPS) is 11.9. The number of methoxy groups -OCH3 is 2. The number of hydrogen-bond acceptors (Lipinski definition) is 6. The number of benzene rings is 4. The van der Waals surface area contributed by atoms with Crippen LogP contribution in [0.4, 0.5) is 5.69 Å². The number of carbonyl (C=O) groups excluding carboxylic acids is 2. The number of anilines is 1. The summed E-state index contributed by atoms with van der Waals surface area (Å²) in [6.45, 7) is 7.79. The van der Waals surface area contributed by atoms with E-state index in [0.717, 1.165) is 26.6 Å². The standard InChI is InChI=1S/C38H45N3O6S/c1-27(2)24-39-38(43)34(22-30-10-8-7-9-11-30)40(25-31-16-12-28(3)13-17-31)37(42)26-41(32-18-21-35(46-5)36(23-32)47-6)48(44,45)33-19-14-29(4)15-20-33/h7-21,23,27,34H,22,24-26H2,1-6H3,(H,39,43)/t34-/m1/s1. The van der Waals surface area contributed by atoms with Crippen molar-refractivity contribution in [2.24, 2.45) is 5.92 Å². The van der Waals surface area contributed by atoms with Crippen LogP contribution in [0, 0.1) is 19.8 Å². The van der Waals surface area contributed by atoms with Crippen molar-refractivity contribution in [3.05, 3.63) is 119 Å². The summed E-state index contributed by atoms with van der Waals surface area (Å²) in [5, 5.41) is 3.01. The number of ether oxygens (including phenoxy) is 2. The Morgan fingerprint density at radius 1 is 0.771 bits per heavy atom. The van der Waals surface area contributed by atoms with Gasteiger partial charge in [0, 0.05) is 25.6 Å². The lowest BCUT2D eigenvalue weighted by molar-refractivity contribution is -0.140. The molecule has 4 aromatic rings. The lowest BCUT2D eigenvalue weighted by atomic mass is 10.0. The molecule has 4 aromatic carbocycles. The van der Waals surface area contributed by atoms with Gasteiger partial charge in [0.05, 0.1) is 24.8 Å². The average molecular weight is 672 g/mol. The van der Waals surface area contributed by atoms with Gasteiger partial charge in [-0.05, 0) is 55.2 Å². The van der Waals surface area contributed by atoms with Gasteiger partial charge in [-0.15, -0.1) is 0 Å². The summed E-state index contributed by atoms with van der Waals surface area (Å²) < 4.78 is 40.6. The maximum Gasteiger partial charge on any atom is 0.264 e. The molecule has 4 rings (SSSR count). The maximum absolute atomic E-state index is 14.7. The molecule has 0 spiro atoms. The molecule has 0 bridgehead atoms. The van der Waals surface area contributed by atoms with Gasteiger partial charge >= 0.3 is 0 Å². The van der Waals surface area contributed by atoms with Crippen LogP contribution >= 0.6 is 0 Å². The molecule has 1 atom stereocenters. The Balaban J connectivity index is 1.83. The minimum Gasteiger partial charge on any atom is -0.493 e. The number of aryl methyl sites for hydroxylation is 2. The Bertz CT molecular complexity index is 1780. The van der Waals surface area contributed by atoms with Crippen molar-refractivity contribution in [2.75, 3.05) is 31.6 Å². The van der Waals surface area contributed by atoms with Crippen molar-refractivity contribution < 1.29 is 27.5 Å². The number of amides is 2. The van der Waals surface area contributed by atoms with Crippen molar-refractivity contribution in [3.8, 4) is 11.5 Å². The van der Waals surface area contributed by atoms with Crippen LogP contribution in [0.5, 0.6) is 11.5 Å². The third-order valence-electron chi connectivity index (χ3n) is 7.97. The number of sulfonamides is 1. The Morgan fingerprint density at radius 3 is 1.96 bits per heavy atom. The van der Waals surface area contributed by atoms with Crippen LogP contribution in [0.1, 0.15) is 36.1 Å². The van der Waals surface area contributed by atoms with Crippen molar-refractivity contribution in [1.29, 1.82) is 0 Å². The average Bonchev–Trinajstić information content (AvgIpc) is 3.08. The van der Waals surface area contributed by atoms with E-state index in [4.69, 9.17) is 9.47 Å². The number of nitrogens with zero attached hydrogens (tertiary/aromatic N) is 2. The lowest BCUT2D eigenvalue weighted by Crippen LogP contribution is -2.53. The van der Waals surface area contributed by atoms with Gasteiger partial charge < -0.3 is 19.7 Å². The van der Waals surface area contributed by atoms with Gasteiger partial charge in [0.1, 0.15) is 12.6 Å². The quantitative estimate of drug-likeness (QED) is 0.168. The summed E-state index contributed by atoms with van der Waals surface area (Å²) in [6, 6.07) is 27.4.